The second-order valence-electron chi connectivity index (χ2n) is 3.27. The zero-order chi connectivity index (χ0) is 12.1. The summed E-state index contributed by atoms with van der Waals surface area (Å²) in [5, 5.41) is 9.79. The van der Waals surface area contributed by atoms with Crippen molar-refractivity contribution in [3.05, 3.63) is 29.8 Å². The van der Waals surface area contributed by atoms with Gasteiger partial charge in [0.25, 0.3) is 0 Å². The summed E-state index contributed by atoms with van der Waals surface area (Å²) in [7, 11) is 2.77. The Balaban J connectivity index is 2.79. The number of hydrogen-bond donors (Lipinski definition) is 2. The molecular weight excluding hydrogens is 210 g/mol. The lowest BCUT2D eigenvalue weighted by atomic mass is 10.0. The smallest absolute Gasteiger partial charge is 0.325 e. The molecule has 0 saturated heterocycles. The molecule has 1 aromatic carbocycles. The number of nitrogens with two attached hydrogens (primary N) is 1. The Morgan fingerprint density at radius 1 is 1.31 bits per heavy atom. The maximum Gasteiger partial charge on any atom is 0.325 e. The van der Waals surface area contributed by atoms with E-state index in [4.69, 9.17) is 10.5 Å². The van der Waals surface area contributed by atoms with E-state index in [1.807, 2.05) is 0 Å². The first-order valence-corrected chi connectivity index (χ1v) is 4.75. The van der Waals surface area contributed by atoms with Gasteiger partial charge in [0.1, 0.15) is 17.9 Å². The van der Waals surface area contributed by atoms with E-state index >= 15 is 0 Å². The summed E-state index contributed by atoms with van der Waals surface area (Å²) < 4.78 is 9.42. The SMILES string of the molecule is COC(=O)[C@H](N)[C@@H](O)c1ccc(OC)cc1. The van der Waals surface area contributed by atoms with Crippen molar-refractivity contribution in [2.24, 2.45) is 5.73 Å². The first-order valence-electron chi connectivity index (χ1n) is 4.75. The van der Waals surface area contributed by atoms with E-state index in [1.165, 1.54) is 7.11 Å². The highest BCUT2D eigenvalue weighted by Crippen LogP contribution is 2.19. The molecule has 0 aromatic heterocycles. The van der Waals surface area contributed by atoms with E-state index in [-0.39, 0.29) is 0 Å². The van der Waals surface area contributed by atoms with Crippen LogP contribution in [0.4, 0.5) is 0 Å². The molecule has 0 unspecified atom stereocenters. The maximum absolute atomic E-state index is 11.1. The Kier molecular flexibility index (Phi) is 4.28. The largest absolute Gasteiger partial charge is 0.497 e. The van der Waals surface area contributed by atoms with Gasteiger partial charge in [0, 0.05) is 0 Å². The fourth-order valence-electron chi connectivity index (χ4n) is 1.27. The molecule has 0 heterocycles. The van der Waals surface area contributed by atoms with E-state index in [0.29, 0.717) is 11.3 Å². The molecule has 0 bridgehead atoms. The van der Waals surface area contributed by atoms with Crippen molar-refractivity contribution in [3.63, 3.8) is 0 Å². The van der Waals surface area contributed by atoms with Crippen molar-refractivity contribution in [2.45, 2.75) is 12.1 Å². The lowest BCUT2D eigenvalue weighted by molar-refractivity contribution is -0.145. The lowest BCUT2D eigenvalue weighted by Crippen LogP contribution is -2.37. The molecule has 3 N–H and O–H groups in total. The van der Waals surface area contributed by atoms with Gasteiger partial charge in [0.15, 0.2) is 0 Å². The average molecular weight is 225 g/mol. The topological polar surface area (TPSA) is 81.8 Å². The van der Waals surface area contributed by atoms with Crippen LogP contribution in [-0.2, 0) is 9.53 Å². The minimum Gasteiger partial charge on any atom is -0.497 e. The van der Waals surface area contributed by atoms with Crippen molar-refractivity contribution in [2.75, 3.05) is 14.2 Å². The molecule has 2 atom stereocenters. The van der Waals surface area contributed by atoms with Gasteiger partial charge in [-0.1, -0.05) is 12.1 Å². The average Bonchev–Trinajstić information content (AvgIpc) is 2.36. The molecule has 0 spiro atoms. The van der Waals surface area contributed by atoms with Crippen LogP contribution in [-0.4, -0.2) is 31.3 Å². The van der Waals surface area contributed by atoms with Crippen LogP contribution in [0.5, 0.6) is 5.75 Å². The number of aliphatic hydroxyl groups excluding tert-OH is 1. The van der Waals surface area contributed by atoms with Crippen molar-refractivity contribution < 1.29 is 19.4 Å². The van der Waals surface area contributed by atoms with Gasteiger partial charge in [-0.15, -0.1) is 0 Å². The predicted molar refractivity (Wildman–Crippen MR) is 57.9 cm³/mol. The van der Waals surface area contributed by atoms with Crippen LogP contribution in [0.1, 0.15) is 11.7 Å². The third kappa shape index (κ3) is 2.71. The van der Waals surface area contributed by atoms with Gasteiger partial charge in [0.05, 0.1) is 14.2 Å². The van der Waals surface area contributed by atoms with Crippen LogP contribution in [0.25, 0.3) is 0 Å². The standard InChI is InChI=1S/C11H15NO4/c1-15-8-5-3-7(4-6-8)10(13)9(12)11(14)16-2/h3-6,9-10,13H,12H2,1-2H3/t9-,10+/m1/s1. The molecule has 0 amide bonds. The van der Waals surface area contributed by atoms with Gasteiger partial charge < -0.3 is 20.3 Å². The Morgan fingerprint density at radius 2 is 1.88 bits per heavy atom. The van der Waals surface area contributed by atoms with Crippen LogP contribution in [0.3, 0.4) is 0 Å². The van der Waals surface area contributed by atoms with E-state index in [1.54, 1.807) is 31.4 Å². The molecule has 0 radical (unpaired) electrons. The molecule has 0 saturated carbocycles. The zero-order valence-electron chi connectivity index (χ0n) is 9.21. The van der Waals surface area contributed by atoms with E-state index in [9.17, 15) is 9.90 Å². The summed E-state index contributed by atoms with van der Waals surface area (Å²) in [6.07, 6.45) is -1.08. The number of carbonyl (C=O) groups is 1. The molecule has 5 nitrogen and oxygen atoms in total. The summed E-state index contributed by atoms with van der Waals surface area (Å²) >= 11 is 0. The molecule has 0 aliphatic rings. The second kappa shape index (κ2) is 5.48. The first kappa shape index (κ1) is 12.5. The minimum atomic E-state index is -1.08. The van der Waals surface area contributed by atoms with Crippen LogP contribution in [0.2, 0.25) is 0 Å². The molecule has 0 aliphatic heterocycles. The fourth-order valence-corrected chi connectivity index (χ4v) is 1.27. The number of aliphatic hydroxyl groups is 1. The zero-order valence-corrected chi connectivity index (χ0v) is 9.21. The quantitative estimate of drug-likeness (QED) is 0.717. The highest BCUT2D eigenvalue weighted by molar-refractivity contribution is 5.76. The third-order valence-corrected chi connectivity index (χ3v) is 2.27. The predicted octanol–water partition coefficient (Wildman–Crippen LogP) is 0.229. The first-order chi connectivity index (χ1) is 7.60. The van der Waals surface area contributed by atoms with Gasteiger partial charge >= 0.3 is 5.97 Å². The molecule has 5 heteroatoms. The number of benzene rings is 1. The number of esters is 1. The molecule has 88 valence electrons. The molecule has 1 aromatic rings. The Labute approximate surface area is 93.8 Å². The van der Waals surface area contributed by atoms with Gasteiger partial charge in [-0.3, -0.25) is 4.79 Å². The van der Waals surface area contributed by atoms with Crippen LogP contribution >= 0.6 is 0 Å². The number of carbonyl (C=O) groups excluding carboxylic acids is 1. The maximum atomic E-state index is 11.1. The van der Waals surface area contributed by atoms with E-state index < -0.39 is 18.1 Å². The van der Waals surface area contributed by atoms with Gasteiger partial charge in [-0.05, 0) is 17.7 Å². The van der Waals surface area contributed by atoms with Crippen molar-refractivity contribution in [1.82, 2.24) is 0 Å². The highest BCUT2D eigenvalue weighted by Gasteiger charge is 2.24. The van der Waals surface area contributed by atoms with Crippen LogP contribution < -0.4 is 10.5 Å². The minimum absolute atomic E-state index is 0.540. The summed E-state index contributed by atoms with van der Waals surface area (Å²) in [5.74, 6) is 0.0194. The van der Waals surface area contributed by atoms with E-state index in [0.717, 1.165) is 0 Å². The summed E-state index contributed by atoms with van der Waals surface area (Å²) in [4.78, 5) is 11.1. The normalized spacial score (nSPS) is 14.0. The molecular formula is C11H15NO4. The fraction of sp³-hybridized carbons (Fsp3) is 0.364. The van der Waals surface area contributed by atoms with Crippen LogP contribution in [0, 0.1) is 0 Å². The van der Waals surface area contributed by atoms with Crippen molar-refractivity contribution in [1.29, 1.82) is 0 Å². The number of ether oxygens (including phenoxy) is 2. The summed E-state index contributed by atoms with van der Waals surface area (Å²) in [5.41, 5.74) is 6.06. The lowest BCUT2D eigenvalue weighted by Gasteiger charge is -2.17. The van der Waals surface area contributed by atoms with E-state index in [2.05, 4.69) is 4.74 Å². The Bertz CT molecular complexity index is 350. The Hall–Kier alpha value is -1.59. The number of methoxy groups -OCH3 is 2. The van der Waals surface area contributed by atoms with Gasteiger partial charge in [-0.25, -0.2) is 0 Å². The Morgan fingerprint density at radius 3 is 2.31 bits per heavy atom. The summed E-state index contributed by atoms with van der Waals surface area (Å²) in [6.45, 7) is 0. The van der Waals surface area contributed by atoms with Crippen molar-refractivity contribution in [3.8, 4) is 5.75 Å². The number of rotatable bonds is 4. The molecule has 1 rings (SSSR count). The molecule has 0 aliphatic carbocycles. The second-order valence-corrected chi connectivity index (χ2v) is 3.27. The van der Waals surface area contributed by atoms with Crippen LogP contribution in [0.15, 0.2) is 24.3 Å². The molecule has 16 heavy (non-hydrogen) atoms. The summed E-state index contributed by atoms with van der Waals surface area (Å²) in [6, 6.07) is 5.57. The third-order valence-electron chi connectivity index (χ3n) is 2.27. The van der Waals surface area contributed by atoms with Gasteiger partial charge in [0.2, 0.25) is 0 Å². The van der Waals surface area contributed by atoms with Crippen molar-refractivity contribution >= 4 is 5.97 Å². The highest BCUT2D eigenvalue weighted by atomic mass is 16.5. The number of hydrogen-bond acceptors (Lipinski definition) is 5. The molecule has 0 fully saturated rings. The van der Waals surface area contributed by atoms with Gasteiger partial charge in [-0.2, -0.15) is 0 Å². The monoisotopic (exact) mass is 225 g/mol.